The number of rotatable bonds is 12. The Morgan fingerprint density at radius 2 is 1.54 bits per heavy atom. The lowest BCUT2D eigenvalue weighted by Crippen LogP contribution is -2.53. The Kier molecular flexibility index (Phi) is 10.5. The van der Waals surface area contributed by atoms with Crippen LogP contribution in [0.5, 0.6) is 0 Å². The van der Waals surface area contributed by atoms with E-state index < -0.39 is 34.3 Å². The average Bonchev–Trinajstić information content (AvgIpc) is 2.93. The van der Waals surface area contributed by atoms with E-state index in [0.29, 0.717) is 17.0 Å². The number of para-hydroxylation sites is 1. The van der Waals surface area contributed by atoms with Gasteiger partial charge in [-0.3, -0.25) is 13.9 Å². The molecule has 3 aromatic rings. The second-order valence-corrected chi connectivity index (χ2v) is 11.5. The highest BCUT2D eigenvalue weighted by atomic mass is 35.5. The second-order valence-electron chi connectivity index (χ2n) is 9.17. The molecular formula is C29H33ClFN3O4S. The molecule has 0 aliphatic rings. The minimum atomic E-state index is -4.33. The van der Waals surface area contributed by atoms with E-state index in [2.05, 4.69) is 5.32 Å². The van der Waals surface area contributed by atoms with Crippen LogP contribution in [0.4, 0.5) is 10.1 Å². The van der Waals surface area contributed by atoms with Crippen molar-refractivity contribution in [3.8, 4) is 0 Å². The van der Waals surface area contributed by atoms with Crippen molar-refractivity contribution in [3.63, 3.8) is 0 Å². The van der Waals surface area contributed by atoms with Gasteiger partial charge >= 0.3 is 0 Å². The fourth-order valence-corrected chi connectivity index (χ4v) is 5.60. The minimum absolute atomic E-state index is 0.0267. The van der Waals surface area contributed by atoms with E-state index in [1.165, 1.54) is 35.2 Å². The molecule has 0 bridgehead atoms. The summed E-state index contributed by atoms with van der Waals surface area (Å²) in [4.78, 5) is 28.4. The van der Waals surface area contributed by atoms with E-state index in [4.69, 9.17) is 11.6 Å². The van der Waals surface area contributed by atoms with Gasteiger partial charge in [0.05, 0.1) is 10.6 Å². The first-order valence-electron chi connectivity index (χ1n) is 12.7. The molecule has 0 saturated heterocycles. The van der Waals surface area contributed by atoms with Crippen LogP contribution in [0.3, 0.4) is 0 Å². The van der Waals surface area contributed by atoms with Gasteiger partial charge in [0.15, 0.2) is 0 Å². The topological polar surface area (TPSA) is 86.8 Å². The molecule has 0 aromatic heterocycles. The molecule has 0 aliphatic carbocycles. The number of nitrogens with zero attached hydrogens (tertiary/aromatic N) is 2. The van der Waals surface area contributed by atoms with E-state index in [9.17, 15) is 22.4 Å². The van der Waals surface area contributed by atoms with Crippen LogP contribution in [0.15, 0.2) is 83.8 Å². The highest BCUT2D eigenvalue weighted by Crippen LogP contribution is 2.27. The number of nitrogens with one attached hydrogen (secondary N) is 1. The molecule has 0 spiro atoms. The Bertz CT molecular complexity index is 1370. The van der Waals surface area contributed by atoms with Gasteiger partial charge in [-0.1, -0.05) is 67.9 Å². The Morgan fingerprint density at radius 3 is 2.13 bits per heavy atom. The standard InChI is InChI=1S/C29H33ClFN3O4S/c1-4-21(3)32-29(36)26(5-2)33(19-22-15-17-23(30)18-16-22)28(35)20-34(27-14-10-9-13-25(27)31)39(37,38)24-11-7-6-8-12-24/h6-18,21,26H,4-5,19-20H2,1-3H3,(H,32,36)/t21-,26+/m1/s1. The first kappa shape index (κ1) is 30.1. The Balaban J connectivity index is 2.05. The van der Waals surface area contributed by atoms with Gasteiger partial charge in [-0.05, 0) is 61.7 Å². The second kappa shape index (κ2) is 13.6. The number of sulfonamides is 1. The van der Waals surface area contributed by atoms with Crippen LogP contribution in [0.1, 0.15) is 39.2 Å². The molecule has 3 aromatic carbocycles. The minimum Gasteiger partial charge on any atom is -0.352 e. The van der Waals surface area contributed by atoms with E-state index in [0.717, 1.165) is 10.4 Å². The Hall–Kier alpha value is -3.43. The third-order valence-corrected chi connectivity index (χ3v) is 8.41. The average molecular weight is 574 g/mol. The van der Waals surface area contributed by atoms with Crippen LogP contribution in [0.2, 0.25) is 5.02 Å². The predicted octanol–water partition coefficient (Wildman–Crippen LogP) is 5.40. The van der Waals surface area contributed by atoms with E-state index in [1.807, 2.05) is 13.8 Å². The molecule has 0 fully saturated rings. The van der Waals surface area contributed by atoms with Crippen molar-refractivity contribution in [3.05, 3.63) is 95.3 Å². The summed E-state index contributed by atoms with van der Waals surface area (Å²) in [5.74, 6) is -1.80. The van der Waals surface area contributed by atoms with Gasteiger partial charge in [0.25, 0.3) is 10.0 Å². The summed E-state index contributed by atoms with van der Waals surface area (Å²) in [5, 5.41) is 3.43. The lowest BCUT2D eigenvalue weighted by molar-refractivity contribution is -0.140. The number of hydrogen-bond donors (Lipinski definition) is 1. The molecule has 0 heterocycles. The number of benzene rings is 3. The fraction of sp³-hybridized carbons (Fsp3) is 0.310. The normalized spacial score (nSPS) is 12.8. The first-order chi connectivity index (χ1) is 18.6. The molecule has 0 unspecified atom stereocenters. The quantitative estimate of drug-likeness (QED) is 0.314. The summed E-state index contributed by atoms with van der Waals surface area (Å²) >= 11 is 6.03. The van der Waals surface area contributed by atoms with Crippen molar-refractivity contribution in [2.45, 2.75) is 57.1 Å². The van der Waals surface area contributed by atoms with Gasteiger partial charge in [-0.15, -0.1) is 0 Å². The van der Waals surface area contributed by atoms with Crippen molar-refractivity contribution < 1.29 is 22.4 Å². The zero-order valence-electron chi connectivity index (χ0n) is 22.2. The molecule has 39 heavy (non-hydrogen) atoms. The van der Waals surface area contributed by atoms with Crippen molar-refractivity contribution in [1.29, 1.82) is 0 Å². The maximum Gasteiger partial charge on any atom is 0.264 e. The van der Waals surface area contributed by atoms with E-state index >= 15 is 0 Å². The molecule has 10 heteroatoms. The molecule has 7 nitrogen and oxygen atoms in total. The van der Waals surface area contributed by atoms with Crippen molar-refractivity contribution in [1.82, 2.24) is 10.2 Å². The highest BCUT2D eigenvalue weighted by molar-refractivity contribution is 7.92. The Labute approximate surface area is 234 Å². The van der Waals surface area contributed by atoms with Gasteiger partial charge in [-0.25, -0.2) is 12.8 Å². The summed E-state index contributed by atoms with van der Waals surface area (Å²) < 4.78 is 43.1. The van der Waals surface area contributed by atoms with Crippen molar-refractivity contribution >= 4 is 39.1 Å². The molecule has 0 radical (unpaired) electrons. The smallest absolute Gasteiger partial charge is 0.264 e. The van der Waals surface area contributed by atoms with Gasteiger partial charge in [-0.2, -0.15) is 0 Å². The maximum atomic E-state index is 14.9. The lowest BCUT2D eigenvalue weighted by Gasteiger charge is -2.33. The SMILES string of the molecule is CC[C@@H](C)NC(=O)[C@H](CC)N(Cc1ccc(Cl)cc1)C(=O)CN(c1ccccc1F)S(=O)(=O)c1ccccc1. The lowest BCUT2D eigenvalue weighted by atomic mass is 10.1. The predicted molar refractivity (Wildman–Crippen MR) is 151 cm³/mol. The highest BCUT2D eigenvalue weighted by Gasteiger charge is 2.34. The van der Waals surface area contributed by atoms with E-state index in [1.54, 1.807) is 49.4 Å². The largest absolute Gasteiger partial charge is 0.352 e. The third kappa shape index (κ3) is 7.58. The summed E-state index contributed by atoms with van der Waals surface area (Å²) in [6.07, 6.45) is 0.983. The molecule has 0 saturated carbocycles. The number of anilines is 1. The summed E-state index contributed by atoms with van der Waals surface area (Å²) in [6.45, 7) is 4.89. The molecule has 2 atom stereocenters. The van der Waals surface area contributed by atoms with Gasteiger partial charge in [0.2, 0.25) is 11.8 Å². The zero-order valence-corrected chi connectivity index (χ0v) is 23.8. The Morgan fingerprint density at radius 1 is 0.923 bits per heavy atom. The van der Waals surface area contributed by atoms with Crippen LogP contribution in [0, 0.1) is 5.82 Å². The summed E-state index contributed by atoms with van der Waals surface area (Å²) in [6, 6.07) is 18.7. The number of amides is 2. The van der Waals surface area contributed by atoms with E-state index in [-0.39, 0.29) is 35.5 Å². The van der Waals surface area contributed by atoms with Crippen LogP contribution >= 0.6 is 11.6 Å². The van der Waals surface area contributed by atoms with Crippen molar-refractivity contribution in [2.75, 3.05) is 10.8 Å². The summed E-state index contributed by atoms with van der Waals surface area (Å²) in [5.41, 5.74) is 0.434. The van der Waals surface area contributed by atoms with Crippen LogP contribution < -0.4 is 9.62 Å². The molecule has 2 amide bonds. The summed E-state index contributed by atoms with van der Waals surface area (Å²) in [7, 11) is -4.33. The van der Waals surface area contributed by atoms with Crippen LogP contribution in [0.25, 0.3) is 0 Å². The molecular weight excluding hydrogens is 541 g/mol. The zero-order chi connectivity index (χ0) is 28.6. The van der Waals surface area contributed by atoms with Gasteiger partial charge < -0.3 is 10.2 Å². The molecule has 1 N–H and O–H groups in total. The number of hydrogen-bond acceptors (Lipinski definition) is 4. The molecule has 3 rings (SSSR count). The number of carbonyl (C=O) groups is 2. The molecule has 0 aliphatic heterocycles. The maximum absolute atomic E-state index is 14.9. The first-order valence-corrected chi connectivity index (χ1v) is 14.6. The van der Waals surface area contributed by atoms with Crippen LogP contribution in [-0.4, -0.2) is 43.8 Å². The van der Waals surface area contributed by atoms with Crippen LogP contribution in [-0.2, 0) is 26.2 Å². The van der Waals surface area contributed by atoms with Gasteiger partial charge in [0.1, 0.15) is 18.4 Å². The third-order valence-electron chi connectivity index (χ3n) is 6.38. The fourth-order valence-electron chi connectivity index (χ4n) is 4.03. The molecule has 208 valence electrons. The van der Waals surface area contributed by atoms with Gasteiger partial charge in [0, 0.05) is 17.6 Å². The van der Waals surface area contributed by atoms with Crippen molar-refractivity contribution in [2.24, 2.45) is 0 Å². The number of halogens is 2. The monoisotopic (exact) mass is 573 g/mol. The number of carbonyl (C=O) groups excluding carboxylic acids is 2.